The highest BCUT2D eigenvalue weighted by atomic mass is 19.4. The second-order valence-corrected chi connectivity index (χ2v) is 6.73. The van der Waals surface area contributed by atoms with Crippen LogP contribution >= 0.6 is 0 Å². The molecule has 0 fully saturated rings. The molecule has 7 heteroatoms. The number of nitrogens with zero attached hydrogens (tertiary/aromatic N) is 2. The van der Waals surface area contributed by atoms with E-state index in [4.69, 9.17) is 0 Å². The lowest BCUT2D eigenvalue weighted by molar-refractivity contribution is -0.274. The molecule has 0 radical (unpaired) electrons. The van der Waals surface area contributed by atoms with Crippen molar-refractivity contribution in [3.8, 4) is 11.5 Å². The van der Waals surface area contributed by atoms with Crippen LogP contribution < -0.4 is 9.64 Å². The molecule has 0 unspecified atom stereocenters. The molecule has 0 aliphatic heterocycles. The lowest BCUT2D eigenvalue weighted by Gasteiger charge is -2.24. The number of benzene rings is 2. The molecule has 3 aromatic rings. The molecule has 0 spiro atoms. The molecule has 1 heterocycles. The molecule has 1 aromatic heterocycles. The summed E-state index contributed by atoms with van der Waals surface area (Å²) in [6.45, 7) is 2.92. The van der Waals surface area contributed by atoms with E-state index in [2.05, 4.69) is 9.72 Å². The molecule has 2 aromatic carbocycles. The lowest BCUT2D eigenvalue weighted by atomic mass is 10.1. The molecular formula is C22H21F3N2O2. The van der Waals surface area contributed by atoms with Crippen molar-refractivity contribution in [2.75, 3.05) is 11.4 Å². The van der Waals surface area contributed by atoms with Gasteiger partial charge >= 0.3 is 6.36 Å². The van der Waals surface area contributed by atoms with Crippen LogP contribution in [0.2, 0.25) is 0 Å². The quantitative estimate of drug-likeness (QED) is 0.587. The molecule has 0 amide bonds. The van der Waals surface area contributed by atoms with Crippen LogP contribution in [0.4, 0.5) is 19.0 Å². The van der Waals surface area contributed by atoms with E-state index >= 15 is 0 Å². The highest BCUT2D eigenvalue weighted by molar-refractivity contribution is 5.42. The molecule has 0 atom stereocenters. The van der Waals surface area contributed by atoms with E-state index in [1.165, 1.54) is 18.2 Å². The molecule has 0 aliphatic rings. The van der Waals surface area contributed by atoms with Crippen LogP contribution in [0.5, 0.6) is 11.5 Å². The fraction of sp³-hybridized carbons (Fsp3) is 0.227. The van der Waals surface area contributed by atoms with Crippen LogP contribution in [0.15, 0.2) is 66.9 Å². The number of rotatable bonds is 7. The fourth-order valence-corrected chi connectivity index (χ4v) is 2.91. The number of phenols is 1. The van der Waals surface area contributed by atoms with Gasteiger partial charge in [-0.1, -0.05) is 30.3 Å². The Kier molecular flexibility index (Phi) is 6.26. The number of phenolic OH excluding ortho intramolecular Hbond substituents is 1. The van der Waals surface area contributed by atoms with Crippen molar-refractivity contribution >= 4 is 5.82 Å². The number of ether oxygens (including phenoxy) is 1. The highest BCUT2D eigenvalue weighted by Crippen LogP contribution is 2.25. The SMILES string of the molecule is Cc1ccc(N(CCc2ccc(O)cc2)Cc2cccc(OC(F)(F)F)c2)nc1. The number of pyridine rings is 1. The second-order valence-electron chi connectivity index (χ2n) is 6.73. The summed E-state index contributed by atoms with van der Waals surface area (Å²) in [5, 5.41) is 9.43. The number of alkyl halides is 3. The van der Waals surface area contributed by atoms with Gasteiger partial charge in [0.1, 0.15) is 17.3 Å². The minimum atomic E-state index is -4.73. The smallest absolute Gasteiger partial charge is 0.508 e. The molecule has 4 nitrogen and oxygen atoms in total. The second kappa shape index (κ2) is 8.86. The van der Waals surface area contributed by atoms with Crippen molar-refractivity contribution in [1.82, 2.24) is 4.98 Å². The van der Waals surface area contributed by atoms with E-state index in [0.717, 1.165) is 16.9 Å². The maximum Gasteiger partial charge on any atom is 0.573 e. The Morgan fingerprint density at radius 2 is 1.76 bits per heavy atom. The molecule has 29 heavy (non-hydrogen) atoms. The average Bonchev–Trinajstić information content (AvgIpc) is 2.66. The maximum absolute atomic E-state index is 12.5. The minimum Gasteiger partial charge on any atom is -0.508 e. The van der Waals surface area contributed by atoms with Gasteiger partial charge in [-0.25, -0.2) is 4.98 Å². The predicted octanol–water partition coefficient (Wildman–Crippen LogP) is 5.24. The summed E-state index contributed by atoms with van der Waals surface area (Å²) in [5.41, 5.74) is 2.74. The van der Waals surface area contributed by atoms with Crippen molar-refractivity contribution < 1.29 is 23.0 Å². The van der Waals surface area contributed by atoms with E-state index in [9.17, 15) is 18.3 Å². The van der Waals surface area contributed by atoms with Crippen molar-refractivity contribution in [2.45, 2.75) is 26.3 Å². The first-order chi connectivity index (χ1) is 13.8. The Hall–Kier alpha value is -3.22. The van der Waals surface area contributed by atoms with Gasteiger partial charge in [0, 0.05) is 19.3 Å². The van der Waals surface area contributed by atoms with Crippen LogP contribution in [-0.2, 0) is 13.0 Å². The minimum absolute atomic E-state index is 0.201. The predicted molar refractivity (Wildman–Crippen MR) is 105 cm³/mol. The fourth-order valence-electron chi connectivity index (χ4n) is 2.91. The zero-order chi connectivity index (χ0) is 20.9. The summed E-state index contributed by atoms with van der Waals surface area (Å²) < 4.78 is 41.6. The first-order valence-electron chi connectivity index (χ1n) is 9.09. The molecule has 152 valence electrons. The van der Waals surface area contributed by atoms with E-state index in [0.29, 0.717) is 25.1 Å². The number of anilines is 1. The van der Waals surface area contributed by atoms with E-state index in [1.54, 1.807) is 24.4 Å². The van der Waals surface area contributed by atoms with Crippen LogP contribution in [0, 0.1) is 6.92 Å². The Morgan fingerprint density at radius 3 is 2.41 bits per heavy atom. The van der Waals surface area contributed by atoms with Crippen molar-refractivity contribution in [3.05, 3.63) is 83.6 Å². The largest absolute Gasteiger partial charge is 0.573 e. The Labute approximate surface area is 167 Å². The summed E-state index contributed by atoms with van der Waals surface area (Å²) in [5.74, 6) is 0.689. The third-order valence-corrected chi connectivity index (χ3v) is 4.33. The summed E-state index contributed by atoms with van der Waals surface area (Å²) in [4.78, 5) is 6.46. The average molecular weight is 402 g/mol. The molecule has 3 rings (SSSR count). The highest BCUT2D eigenvalue weighted by Gasteiger charge is 2.31. The molecule has 0 aliphatic carbocycles. The zero-order valence-electron chi connectivity index (χ0n) is 15.9. The summed E-state index contributed by atoms with van der Waals surface area (Å²) >= 11 is 0. The van der Waals surface area contributed by atoms with Gasteiger partial charge in [0.2, 0.25) is 0 Å². The summed E-state index contributed by atoms with van der Waals surface area (Å²) in [6, 6.07) is 16.7. The Morgan fingerprint density at radius 1 is 1.00 bits per heavy atom. The third-order valence-electron chi connectivity index (χ3n) is 4.33. The number of halogens is 3. The summed E-state index contributed by atoms with van der Waals surface area (Å²) in [7, 11) is 0. The molecular weight excluding hydrogens is 381 g/mol. The zero-order valence-corrected chi connectivity index (χ0v) is 15.9. The van der Waals surface area contributed by atoms with Gasteiger partial charge in [-0.05, 0) is 60.4 Å². The number of aromatic nitrogens is 1. The van der Waals surface area contributed by atoms with Crippen LogP contribution in [0.1, 0.15) is 16.7 Å². The number of aryl methyl sites for hydroxylation is 1. The number of hydrogen-bond acceptors (Lipinski definition) is 4. The first kappa shape index (κ1) is 20.5. The Balaban J connectivity index is 1.78. The Bertz CT molecular complexity index is 926. The third kappa shape index (κ3) is 6.41. The van der Waals surface area contributed by atoms with Crippen molar-refractivity contribution in [2.24, 2.45) is 0 Å². The standard InChI is InChI=1S/C22H21F3N2O2/c1-16-5-10-21(26-14-16)27(12-11-17-6-8-19(28)9-7-17)15-18-3-2-4-20(13-18)29-22(23,24)25/h2-10,13-14,28H,11-12,15H2,1H3. The monoisotopic (exact) mass is 402 g/mol. The van der Waals surface area contributed by atoms with Gasteiger partial charge in [0.25, 0.3) is 0 Å². The molecule has 0 saturated heterocycles. The summed E-state index contributed by atoms with van der Waals surface area (Å²) in [6.07, 6.45) is -2.28. The molecule has 0 saturated carbocycles. The maximum atomic E-state index is 12.5. The van der Waals surface area contributed by atoms with Gasteiger partial charge in [0.05, 0.1) is 0 Å². The van der Waals surface area contributed by atoms with Gasteiger partial charge in [-0.3, -0.25) is 0 Å². The van der Waals surface area contributed by atoms with E-state index in [-0.39, 0.29) is 11.5 Å². The van der Waals surface area contributed by atoms with E-state index < -0.39 is 6.36 Å². The topological polar surface area (TPSA) is 45.6 Å². The van der Waals surface area contributed by atoms with Crippen LogP contribution in [0.3, 0.4) is 0 Å². The van der Waals surface area contributed by atoms with Crippen LogP contribution in [-0.4, -0.2) is 23.0 Å². The first-order valence-corrected chi connectivity index (χ1v) is 9.09. The van der Waals surface area contributed by atoms with Gasteiger partial charge < -0.3 is 14.7 Å². The van der Waals surface area contributed by atoms with Gasteiger partial charge in [-0.15, -0.1) is 13.2 Å². The van der Waals surface area contributed by atoms with Gasteiger partial charge in [-0.2, -0.15) is 0 Å². The normalized spacial score (nSPS) is 11.3. The van der Waals surface area contributed by atoms with E-state index in [1.807, 2.05) is 36.1 Å². The van der Waals surface area contributed by atoms with Crippen molar-refractivity contribution in [3.63, 3.8) is 0 Å². The number of aromatic hydroxyl groups is 1. The van der Waals surface area contributed by atoms with Crippen molar-refractivity contribution in [1.29, 1.82) is 0 Å². The molecule has 0 bridgehead atoms. The lowest BCUT2D eigenvalue weighted by Crippen LogP contribution is -2.26. The van der Waals surface area contributed by atoms with Gasteiger partial charge in [0.15, 0.2) is 0 Å². The number of hydrogen-bond donors (Lipinski definition) is 1. The van der Waals surface area contributed by atoms with Crippen LogP contribution in [0.25, 0.3) is 0 Å². The molecule has 1 N–H and O–H groups in total.